The maximum absolute atomic E-state index is 13.7. The molecule has 0 spiro atoms. The maximum Gasteiger partial charge on any atom is 0.419 e. The molecule has 73 heavy (non-hydrogen) atoms. The van der Waals surface area contributed by atoms with Gasteiger partial charge in [0.1, 0.15) is 11.6 Å². The summed E-state index contributed by atoms with van der Waals surface area (Å²) in [5.41, 5.74) is 15.8. The fourth-order valence-electron chi connectivity index (χ4n) is 8.99. The van der Waals surface area contributed by atoms with Crippen molar-refractivity contribution in [1.82, 2.24) is 30.2 Å². The monoisotopic (exact) mass is 1010 g/mol. The molecule has 5 N–H and O–H groups in total. The third-order valence-corrected chi connectivity index (χ3v) is 12.8. The lowest BCUT2D eigenvalue weighted by Crippen LogP contribution is -2.48. The average Bonchev–Trinajstić information content (AvgIpc) is 3.36. The number of piperazine rings is 2. The van der Waals surface area contributed by atoms with Gasteiger partial charge in [0.15, 0.2) is 0 Å². The molecular formula is C54H58F6N10O3. The molecule has 0 atom stereocenters. The molecule has 384 valence electrons. The van der Waals surface area contributed by atoms with Gasteiger partial charge in [-0.05, 0) is 83.3 Å². The van der Waals surface area contributed by atoms with Crippen molar-refractivity contribution in [2.24, 2.45) is 11.5 Å². The second-order valence-corrected chi connectivity index (χ2v) is 18.0. The van der Waals surface area contributed by atoms with Gasteiger partial charge in [-0.2, -0.15) is 26.3 Å². The van der Waals surface area contributed by atoms with Crippen LogP contribution < -0.4 is 26.6 Å². The summed E-state index contributed by atoms with van der Waals surface area (Å²) in [6.07, 6.45) is -5.98. The van der Waals surface area contributed by atoms with Gasteiger partial charge in [0, 0.05) is 95.9 Å². The summed E-state index contributed by atoms with van der Waals surface area (Å²) < 4.78 is 82.1. The molecule has 2 fully saturated rings. The second-order valence-electron chi connectivity index (χ2n) is 18.0. The maximum atomic E-state index is 13.7. The molecule has 2 saturated heterocycles. The van der Waals surface area contributed by atoms with Gasteiger partial charge < -0.3 is 31.5 Å². The lowest BCUT2D eigenvalue weighted by Gasteiger charge is -2.35. The van der Waals surface area contributed by atoms with E-state index in [1.54, 1.807) is 55.5 Å². The number of nitrogens with one attached hydrogen (secondary N) is 1. The molecule has 4 heterocycles. The number of hydrogen-bond donors (Lipinski definition) is 3. The van der Waals surface area contributed by atoms with Gasteiger partial charge in [-0.15, -0.1) is 0 Å². The molecule has 0 bridgehead atoms. The predicted molar refractivity (Wildman–Crippen MR) is 266 cm³/mol. The van der Waals surface area contributed by atoms with Crippen LogP contribution in [0.5, 0.6) is 0 Å². The summed E-state index contributed by atoms with van der Waals surface area (Å²) in [7, 11) is 0. The van der Waals surface area contributed by atoms with E-state index in [-0.39, 0.29) is 49.4 Å². The van der Waals surface area contributed by atoms with E-state index in [2.05, 4.69) is 35.1 Å². The van der Waals surface area contributed by atoms with Crippen LogP contribution in [0.15, 0.2) is 109 Å². The number of hydrogen-bond acceptors (Lipinski definition) is 10. The number of rotatable bonds is 16. The molecule has 2 aromatic heterocycles. The minimum atomic E-state index is -4.57. The molecule has 8 rings (SSSR count). The third kappa shape index (κ3) is 15.3. The van der Waals surface area contributed by atoms with E-state index in [0.717, 1.165) is 85.3 Å². The van der Waals surface area contributed by atoms with E-state index in [1.807, 2.05) is 53.4 Å². The molecular weight excluding hydrogens is 951 g/mol. The Morgan fingerprint density at radius 3 is 1.29 bits per heavy atom. The Balaban J connectivity index is 0.000000214. The lowest BCUT2D eigenvalue weighted by atomic mass is 9.98. The Hall–Kier alpha value is -7.41. The van der Waals surface area contributed by atoms with Crippen molar-refractivity contribution in [2.45, 2.75) is 70.6 Å². The quantitative estimate of drug-likeness (QED) is 0.0868. The zero-order valence-corrected chi connectivity index (χ0v) is 40.5. The molecule has 13 nitrogen and oxygen atoms in total. The summed E-state index contributed by atoms with van der Waals surface area (Å²) >= 11 is 0. The van der Waals surface area contributed by atoms with Crippen molar-refractivity contribution in [3.63, 3.8) is 0 Å². The van der Waals surface area contributed by atoms with Crippen molar-refractivity contribution in [3.05, 3.63) is 177 Å². The second kappa shape index (κ2) is 24.3. The van der Waals surface area contributed by atoms with Gasteiger partial charge in [0.05, 0.1) is 35.4 Å². The topological polar surface area (TPSA) is 177 Å². The third-order valence-electron chi connectivity index (χ3n) is 12.8. The number of halogens is 6. The highest BCUT2D eigenvalue weighted by atomic mass is 19.4. The molecule has 19 heteroatoms. The number of alkyl halides is 6. The molecule has 2 aliphatic heterocycles. The first-order valence-electron chi connectivity index (χ1n) is 24.1. The SMILES string of the molecule is CC(=O)N1CCN(c2ccc(Cc3ncc(C(F)(F)F)c(CCc4ccccc4CC(N)=O)n3)cc2)CC1.NC(=O)Cc1ccccc1CCc1nc(Cc2ccc(N3CCNCC3)cc2)ncc1C(F)(F)F. The lowest BCUT2D eigenvalue weighted by molar-refractivity contribution is -0.139. The zero-order valence-electron chi connectivity index (χ0n) is 40.5. The standard InChI is InChI=1S/C28H30F3N5O2.C26H28F3N5O/c1-19(37)35-12-14-36(15-13-35)23-9-6-20(7-10-23)16-27-33-18-24(28(29,30)31)25(34-27)11-8-21-4-2-3-5-22(21)17-26(32)38;27-26(28,29)22-17-32-25(15-18-5-8-21(9-6-18)34-13-11-31-12-14-34)33-23(22)10-7-19-3-1-2-4-20(19)16-24(30)35/h2-7,9-10,18H,8,11-17H2,1H3,(H2,32,38);1-6,8-9,17,31H,7,10-16H2,(H2,30,35). The number of primary amides is 2. The van der Waals surface area contributed by atoms with Crippen molar-refractivity contribution < 1.29 is 40.7 Å². The summed E-state index contributed by atoms with van der Waals surface area (Å²) in [5.74, 6) is -0.261. The number of nitrogens with zero attached hydrogens (tertiary/aromatic N) is 7. The Labute approximate surface area is 420 Å². The minimum absolute atomic E-state index is 0.0275. The fraction of sp³-hybridized carbons (Fsp3) is 0.352. The highest BCUT2D eigenvalue weighted by Gasteiger charge is 2.36. The van der Waals surface area contributed by atoms with E-state index in [4.69, 9.17) is 11.5 Å². The van der Waals surface area contributed by atoms with Crippen molar-refractivity contribution in [2.75, 3.05) is 62.2 Å². The van der Waals surface area contributed by atoms with Gasteiger partial charge in [-0.25, -0.2) is 19.9 Å². The number of carbonyl (C=O) groups excluding carboxylic acids is 3. The number of nitrogens with two attached hydrogens (primary N) is 2. The van der Waals surface area contributed by atoms with Crippen LogP contribution in [0.4, 0.5) is 37.7 Å². The Morgan fingerprint density at radius 2 is 0.918 bits per heavy atom. The fourth-order valence-corrected chi connectivity index (χ4v) is 8.99. The van der Waals surface area contributed by atoms with Crippen molar-refractivity contribution in [3.8, 4) is 0 Å². The number of aryl methyl sites for hydroxylation is 4. The minimum Gasteiger partial charge on any atom is -0.369 e. The van der Waals surface area contributed by atoms with E-state index in [9.17, 15) is 40.7 Å². The number of carbonyl (C=O) groups is 3. The first-order valence-corrected chi connectivity index (χ1v) is 24.1. The van der Waals surface area contributed by atoms with Crippen LogP contribution in [0.3, 0.4) is 0 Å². The molecule has 0 radical (unpaired) electrons. The number of aromatic nitrogens is 4. The largest absolute Gasteiger partial charge is 0.419 e. The molecule has 6 aromatic rings. The average molecular weight is 1010 g/mol. The first-order chi connectivity index (χ1) is 34.9. The van der Waals surface area contributed by atoms with Crippen LogP contribution in [-0.4, -0.2) is 94.9 Å². The van der Waals surface area contributed by atoms with E-state index in [1.165, 1.54) is 0 Å². The van der Waals surface area contributed by atoms with Crippen molar-refractivity contribution in [1.29, 1.82) is 0 Å². The molecule has 3 amide bonds. The van der Waals surface area contributed by atoms with Gasteiger partial charge in [0.2, 0.25) is 17.7 Å². The van der Waals surface area contributed by atoms with Crippen LogP contribution in [0.2, 0.25) is 0 Å². The normalized spacial score (nSPS) is 14.1. The van der Waals surface area contributed by atoms with Gasteiger partial charge >= 0.3 is 12.4 Å². The van der Waals surface area contributed by atoms with Gasteiger partial charge in [-0.1, -0.05) is 72.8 Å². The van der Waals surface area contributed by atoms with Crippen LogP contribution in [0.1, 0.15) is 74.5 Å². The van der Waals surface area contributed by atoms with Crippen LogP contribution in [0.25, 0.3) is 0 Å². The number of amides is 3. The summed E-state index contributed by atoms with van der Waals surface area (Å²) in [4.78, 5) is 57.2. The molecule has 2 aliphatic rings. The zero-order chi connectivity index (χ0) is 52.1. The van der Waals surface area contributed by atoms with E-state index < -0.39 is 35.3 Å². The van der Waals surface area contributed by atoms with Gasteiger partial charge in [-0.3, -0.25) is 14.4 Å². The van der Waals surface area contributed by atoms with Crippen LogP contribution >= 0.6 is 0 Å². The Bertz CT molecular complexity index is 2830. The first kappa shape index (κ1) is 53.4. The summed E-state index contributed by atoms with van der Waals surface area (Å²) in [5, 5.41) is 3.32. The smallest absolute Gasteiger partial charge is 0.369 e. The molecule has 4 aromatic carbocycles. The van der Waals surface area contributed by atoms with Crippen molar-refractivity contribution >= 4 is 29.1 Å². The van der Waals surface area contributed by atoms with Gasteiger partial charge in [0.25, 0.3) is 0 Å². The predicted octanol–water partition coefficient (Wildman–Crippen LogP) is 6.88. The summed E-state index contributed by atoms with van der Waals surface area (Å²) in [6.45, 7) is 8.16. The van der Waals surface area contributed by atoms with E-state index >= 15 is 0 Å². The number of anilines is 2. The highest BCUT2D eigenvalue weighted by molar-refractivity contribution is 5.77. The summed E-state index contributed by atoms with van der Waals surface area (Å²) in [6, 6.07) is 30.0. The van der Waals surface area contributed by atoms with Crippen LogP contribution in [-0.2, 0) is 78.1 Å². The Morgan fingerprint density at radius 1 is 0.534 bits per heavy atom. The number of benzene rings is 4. The van der Waals surface area contributed by atoms with E-state index in [0.29, 0.717) is 55.1 Å². The van der Waals surface area contributed by atoms with Crippen LogP contribution in [0, 0.1) is 0 Å². The Kier molecular flexibility index (Phi) is 17.8. The highest BCUT2D eigenvalue weighted by Crippen LogP contribution is 2.33. The molecule has 0 unspecified atom stereocenters. The molecule has 0 saturated carbocycles. The molecule has 0 aliphatic carbocycles.